The second kappa shape index (κ2) is 4.70. The van der Waals surface area contributed by atoms with Crippen LogP contribution in [0, 0.1) is 11.6 Å². The molecule has 0 aliphatic heterocycles. The molecule has 6 heteroatoms. The van der Waals surface area contributed by atoms with Gasteiger partial charge in [0, 0.05) is 30.1 Å². The van der Waals surface area contributed by atoms with Crippen molar-refractivity contribution in [1.82, 2.24) is 9.78 Å². The lowest BCUT2D eigenvalue weighted by Gasteiger charge is -2.04. The second-order valence-corrected chi connectivity index (χ2v) is 4.83. The molecule has 104 valence electrons. The van der Waals surface area contributed by atoms with Crippen LogP contribution in [0.25, 0.3) is 0 Å². The smallest absolute Gasteiger partial charge is 0.276 e. The first-order valence-corrected chi connectivity index (χ1v) is 6.37. The standard InChI is InChI=1S/C14H13F2N3O/c1-19-12-4-2-3-9(12)13(18-19)14(20)17-8-5-6-10(15)11(16)7-8/h5-7H,2-4H2,1H3,(H,17,20). The van der Waals surface area contributed by atoms with E-state index in [1.807, 2.05) is 0 Å². The van der Waals surface area contributed by atoms with Gasteiger partial charge in [0.1, 0.15) is 0 Å². The minimum Gasteiger partial charge on any atom is -0.320 e. The fourth-order valence-electron chi connectivity index (χ4n) is 2.56. The molecule has 0 atom stereocenters. The minimum atomic E-state index is -0.992. The van der Waals surface area contributed by atoms with Crippen LogP contribution in [-0.4, -0.2) is 15.7 Å². The van der Waals surface area contributed by atoms with E-state index in [4.69, 9.17) is 0 Å². The number of aryl methyl sites for hydroxylation is 1. The maximum Gasteiger partial charge on any atom is 0.276 e. The minimum absolute atomic E-state index is 0.214. The van der Waals surface area contributed by atoms with Gasteiger partial charge in [-0.1, -0.05) is 0 Å². The average Bonchev–Trinajstić information content (AvgIpc) is 2.98. The number of fused-ring (bicyclic) bond motifs is 1. The molecule has 1 heterocycles. The number of benzene rings is 1. The number of halogens is 2. The van der Waals surface area contributed by atoms with Crippen LogP contribution in [-0.2, 0) is 19.9 Å². The molecule has 0 bridgehead atoms. The Kier molecular flexibility index (Phi) is 3.00. The van der Waals surface area contributed by atoms with Crippen LogP contribution in [0.3, 0.4) is 0 Å². The van der Waals surface area contributed by atoms with Crippen LogP contribution in [0.2, 0.25) is 0 Å². The van der Waals surface area contributed by atoms with Crippen LogP contribution in [0.5, 0.6) is 0 Å². The molecular weight excluding hydrogens is 264 g/mol. The quantitative estimate of drug-likeness (QED) is 0.916. The lowest BCUT2D eigenvalue weighted by atomic mass is 10.2. The summed E-state index contributed by atoms with van der Waals surface area (Å²) in [6.07, 6.45) is 2.74. The molecule has 4 nitrogen and oxygen atoms in total. The molecule has 2 aromatic rings. The van der Waals surface area contributed by atoms with Crippen LogP contribution < -0.4 is 5.32 Å². The van der Waals surface area contributed by atoms with E-state index in [2.05, 4.69) is 10.4 Å². The third kappa shape index (κ3) is 2.07. The molecule has 1 amide bonds. The van der Waals surface area contributed by atoms with Crippen LogP contribution in [0.15, 0.2) is 18.2 Å². The zero-order valence-corrected chi connectivity index (χ0v) is 10.9. The van der Waals surface area contributed by atoms with Gasteiger partial charge in [-0.05, 0) is 31.4 Å². The highest BCUT2D eigenvalue weighted by Gasteiger charge is 2.25. The number of hydrogen-bond donors (Lipinski definition) is 1. The molecule has 20 heavy (non-hydrogen) atoms. The van der Waals surface area contributed by atoms with Crippen LogP contribution in [0.4, 0.5) is 14.5 Å². The summed E-state index contributed by atoms with van der Waals surface area (Å²) in [5.74, 6) is -2.33. The Bertz CT molecular complexity index is 694. The second-order valence-electron chi connectivity index (χ2n) is 4.83. The zero-order valence-electron chi connectivity index (χ0n) is 10.9. The normalized spacial score (nSPS) is 13.3. The number of nitrogens with one attached hydrogen (secondary N) is 1. The third-order valence-corrected chi connectivity index (χ3v) is 3.51. The van der Waals surface area contributed by atoms with Crippen molar-refractivity contribution in [3.63, 3.8) is 0 Å². The molecule has 0 saturated heterocycles. The van der Waals surface area contributed by atoms with Crippen molar-refractivity contribution in [1.29, 1.82) is 0 Å². The molecule has 1 N–H and O–H groups in total. The Labute approximate surface area is 114 Å². The van der Waals surface area contributed by atoms with E-state index < -0.39 is 17.5 Å². The number of rotatable bonds is 2. The molecule has 1 aliphatic carbocycles. The number of carbonyl (C=O) groups excluding carboxylic acids is 1. The van der Waals surface area contributed by atoms with Gasteiger partial charge in [-0.15, -0.1) is 0 Å². The highest BCUT2D eigenvalue weighted by molar-refractivity contribution is 6.04. The van der Waals surface area contributed by atoms with Gasteiger partial charge in [0.2, 0.25) is 0 Å². The maximum absolute atomic E-state index is 13.1. The summed E-state index contributed by atoms with van der Waals surface area (Å²) in [7, 11) is 1.80. The fraction of sp³-hybridized carbons (Fsp3) is 0.286. The number of nitrogens with zero attached hydrogens (tertiary/aromatic N) is 2. The summed E-state index contributed by atoms with van der Waals surface area (Å²) in [6.45, 7) is 0. The van der Waals surface area contributed by atoms with Crippen LogP contribution in [0.1, 0.15) is 28.2 Å². The lowest BCUT2D eigenvalue weighted by Crippen LogP contribution is -2.15. The first kappa shape index (κ1) is 12.8. The molecular formula is C14H13F2N3O. The van der Waals surface area contributed by atoms with Crippen LogP contribution >= 0.6 is 0 Å². The molecule has 1 aliphatic rings. The Morgan fingerprint density at radius 2 is 2.10 bits per heavy atom. The number of carbonyl (C=O) groups is 1. The summed E-state index contributed by atoms with van der Waals surface area (Å²) in [5, 5.41) is 6.75. The summed E-state index contributed by atoms with van der Waals surface area (Å²) >= 11 is 0. The van der Waals surface area contributed by atoms with Gasteiger partial charge < -0.3 is 5.32 Å². The molecule has 0 spiro atoms. The Balaban J connectivity index is 1.86. The number of amides is 1. The molecule has 3 rings (SSSR count). The van der Waals surface area contributed by atoms with E-state index in [0.29, 0.717) is 5.69 Å². The van der Waals surface area contributed by atoms with E-state index >= 15 is 0 Å². The van der Waals surface area contributed by atoms with Gasteiger partial charge in [0.15, 0.2) is 17.3 Å². The molecule has 0 saturated carbocycles. The monoisotopic (exact) mass is 277 g/mol. The fourth-order valence-corrected chi connectivity index (χ4v) is 2.56. The van der Waals surface area contributed by atoms with Crippen molar-refractivity contribution < 1.29 is 13.6 Å². The van der Waals surface area contributed by atoms with E-state index in [1.54, 1.807) is 11.7 Å². The van der Waals surface area contributed by atoms with Crippen molar-refractivity contribution in [3.05, 3.63) is 46.8 Å². The highest BCUT2D eigenvalue weighted by Crippen LogP contribution is 2.25. The van der Waals surface area contributed by atoms with Gasteiger partial charge in [0.25, 0.3) is 5.91 Å². The summed E-state index contributed by atoms with van der Waals surface area (Å²) < 4.78 is 27.7. The van der Waals surface area contributed by atoms with Crippen molar-refractivity contribution in [2.24, 2.45) is 7.05 Å². The largest absolute Gasteiger partial charge is 0.320 e. The summed E-state index contributed by atoms with van der Waals surface area (Å²) in [6, 6.07) is 3.25. The van der Waals surface area contributed by atoms with Gasteiger partial charge in [-0.2, -0.15) is 5.10 Å². The first-order chi connectivity index (χ1) is 9.56. The molecule has 0 fully saturated rings. The highest BCUT2D eigenvalue weighted by atomic mass is 19.2. The molecule has 0 unspecified atom stereocenters. The number of hydrogen-bond acceptors (Lipinski definition) is 2. The third-order valence-electron chi connectivity index (χ3n) is 3.51. The van der Waals surface area contributed by atoms with E-state index in [-0.39, 0.29) is 5.69 Å². The van der Waals surface area contributed by atoms with Gasteiger partial charge in [0.05, 0.1) is 0 Å². The van der Waals surface area contributed by atoms with Gasteiger partial charge >= 0.3 is 0 Å². The molecule has 1 aromatic carbocycles. The summed E-state index contributed by atoms with van der Waals surface area (Å²) in [4.78, 5) is 12.2. The average molecular weight is 277 g/mol. The number of anilines is 1. The molecule has 0 radical (unpaired) electrons. The van der Waals surface area contributed by atoms with E-state index in [1.165, 1.54) is 6.07 Å². The van der Waals surface area contributed by atoms with E-state index in [0.717, 1.165) is 42.7 Å². The predicted molar refractivity (Wildman–Crippen MR) is 69.5 cm³/mol. The Hall–Kier alpha value is -2.24. The topological polar surface area (TPSA) is 46.9 Å². The predicted octanol–water partition coefficient (Wildman–Crippen LogP) is 2.44. The van der Waals surface area contributed by atoms with Crippen molar-refractivity contribution >= 4 is 11.6 Å². The maximum atomic E-state index is 13.1. The van der Waals surface area contributed by atoms with Crippen molar-refractivity contribution in [2.45, 2.75) is 19.3 Å². The van der Waals surface area contributed by atoms with Gasteiger partial charge in [-0.3, -0.25) is 9.48 Å². The molecule has 1 aromatic heterocycles. The summed E-state index contributed by atoms with van der Waals surface area (Å²) in [5.41, 5.74) is 2.60. The van der Waals surface area contributed by atoms with Crippen molar-refractivity contribution in [2.75, 3.05) is 5.32 Å². The number of aromatic nitrogens is 2. The van der Waals surface area contributed by atoms with E-state index in [9.17, 15) is 13.6 Å². The SMILES string of the molecule is Cn1nc(C(=O)Nc2ccc(F)c(F)c2)c2c1CCC2. The van der Waals surface area contributed by atoms with Crippen molar-refractivity contribution in [3.8, 4) is 0 Å². The lowest BCUT2D eigenvalue weighted by molar-refractivity contribution is 0.102. The Morgan fingerprint density at radius 1 is 1.30 bits per heavy atom. The zero-order chi connectivity index (χ0) is 14.3. The van der Waals surface area contributed by atoms with Gasteiger partial charge in [-0.25, -0.2) is 8.78 Å². The first-order valence-electron chi connectivity index (χ1n) is 6.37. The Morgan fingerprint density at radius 3 is 2.85 bits per heavy atom.